The largest absolute Gasteiger partial charge is 0.370 e. The van der Waals surface area contributed by atoms with Crippen LogP contribution in [-0.2, 0) is 13.5 Å². The van der Waals surface area contributed by atoms with E-state index >= 15 is 0 Å². The molecule has 0 saturated carbocycles. The number of likely N-dealkylation sites (tertiary alicyclic amines) is 1. The minimum atomic E-state index is 0.396. The van der Waals surface area contributed by atoms with Crippen molar-refractivity contribution >= 4 is 5.82 Å². The van der Waals surface area contributed by atoms with E-state index in [-0.39, 0.29) is 0 Å². The van der Waals surface area contributed by atoms with Gasteiger partial charge in [0, 0.05) is 38.0 Å². The number of nitrogens with zero attached hydrogens (tertiary/aromatic N) is 5. The molecule has 0 radical (unpaired) electrons. The second-order valence-corrected chi connectivity index (χ2v) is 6.75. The molecule has 1 aliphatic heterocycles. The molecule has 2 atom stereocenters. The summed E-state index contributed by atoms with van der Waals surface area (Å²) >= 11 is 0. The van der Waals surface area contributed by atoms with E-state index in [2.05, 4.69) is 45.3 Å². The summed E-state index contributed by atoms with van der Waals surface area (Å²) < 4.78 is 2.00. The molecule has 1 fully saturated rings. The Bertz CT molecular complexity index is 680. The summed E-state index contributed by atoms with van der Waals surface area (Å²) in [5, 5.41) is 7.92. The molecule has 130 valence electrons. The Balaban J connectivity index is 1.75. The number of aryl methyl sites for hydroxylation is 3. The van der Waals surface area contributed by atoms with Crippen LogP contribution in [0.5, 0.6) is 0 Å². The van der Waals surface area contributed by atoms with Gasteiger partial charge in [0.2, 0.25) is 0 Å². The Morgan fingerprint density at radius 1 is 1.29 bits per heavy atom. The quantitative estimate of drug-likeness (QED) is 0.914. The number of nitrogens with one attached hydrogen (secondary N) is 1. The summed E-state index contributed by atoms with van der Waals surface area (Å²) in [6, 6.07) is 4.57. The zero-order chi connectivity index (χ0) is 17.1. The minimum Gasteiger partial charge on any atom is -0.370 e. The van der Waals surface area contributed by atoms with Gasteiger partial charge in [0.25, 0.3) is 0 Å². The van der Waals surface area contributed by atoms with Gasteiger partial charge in [-0.2, -0.15) is 5.10 Å². The van der Waals surface area contributed by atoms with Crippen LogP contribution in [0.25, 0.3) is 0 Å². The van der Waals surface area contributed by atoms with Crippen LogP contribution < -0.4 is 5.32 Å². The lowest BCUT2D eigenvalue weighted by Crippen LogP contribution is -2.40. The first-order valence-electron chi connectivity index (χ1n) is 8.85. The Labute approximate surface area is 144 Å². The van der Waals surface area contributed by atoms with Gasteiger partial charge in [-0.15, -0.1) is 0 Å². The molecule has 6 heteroatoms. The van der Waals surface area contributed by atoms with Crippen LogP contribution >= 0.6 is 0 Å². The topological polar surface area (TPSA) is 58.9 Å². The summed E-state index contributed by atoms with van der Waals surface area (Å²) in [4.78, 5) is 11.5. The second-order valence-electron chi connectivity index (χ2n) is 6.75. The molecular weight excluding hydrogens is 300 g/mol. The number of hydrogen-bond donors (Lipinski definition) is 1. The fourth-order valence-electron chi connectivity index (χ4n) is 3.73. The van der Waals surface area contributed by atoms with E-state index in [0.717, 1.165) is 36.8 Å². The van der Waals surface area contributed by atoms with Gasteiger partial charge in [0.15, 0.2) is 0 Å². The molecule has 0 aliphatic carbocycles. The van der Waals surface area contributed by atoms with Crippen molar-refractivity contribution in [2.75, 3.05) is 25.5 Å². The van der Waals surface area contributed by atoms with Crippen molar-refractivity contribution in [1.29, 1.82) is 0 Å². The van der Waals surface area contributed by atoms with Gasteiger partial charge in [-0.3, -0.25) is 9.58 Å². The zero-order valence-corrected chi connectivity index (χ0v) is 15.2. The van der Waals surface area contributed by atoms with Crippen LogP contribution in [0, 0.1) is 12.8 Å². The standard InChI is InChI=1S/C18H28N6/c1-5-16-21-13(2)11-17(22-16)19-12-14-7-6-10-23(3)18(14)15-8-9-20-24(15)4/h8-9,11,14,18H,5-7,10,12H2,1-4H3,(H,19,21,22)/t14-,18+/m0/s1. The highest BCUT2D eigenvalue weighted by Gasteiger charge is 2.32. The van der Waals surface area contributed by atoms with Crippen molar-refractivity contribution < 1.29 is 0 Å². The van der Waals surface area contributed by atoms with Crippen molar-refractivity contribution in [2.24, 2.45) is 13.0 Å². The average Bonchev–Trinajstić information content (AvgIpc) is 2.98. The predicted octanol–water partition coefficient (Wildman–Crippen LogP) is 2.58. The van der Waals surface area contributed by atoms with Gasteiger partial charge in [0.05, 0.1) is 11.7 Å². The monoisotopic (exact) mass is 328 g/mol. The number of anilines is 1. The molecule has 0 amide bonds. The molecular formula is C18H28N6. The van der Waals surface area contributed by atoms with Crippen molar-refractivity contribution in [3.63, 3.8) is 0 Å². The summed E-state index contributed by atoms with van der Waals surface area (Å²) in [6.45, 7) is 6.17. The van der Waals surface area contributed by atoms with E-state index in [4.69, 9.17) is 0 Å². The molecule has 1 saturated heterocycles. The van der Waals surface area contributed by atoms with Gasteiger partial charge in [0.1, 0.15) is 11.6 Å². The van der Waals surface area contributed by atoms with Crippen molar-refractivity contribution in [1.82, 2.24) is 24.6 Å². The lowest BCUT2D eigenvalue weighted by molar-refractivity contribution is 0.121. The maximum Gasteiger partial charge on any atom is 0.130 e. The molecule has 1 aliphatic rings. The fourth-order valence-corrected chi connectivity index (χ4v) is 3.73. The third-order valence-corrected chi connectivity index (χ3v) is 4.93. The highest BCUT2D eigenvalue weighted by atomic mass is 15.3. The smallest absolute Gasteiger partial charge is 0.130 e. The van der Waals surface area contributed by atoms with Crippen LogP contribution in [-0.4, -0.2) is 44.8 Å². The third-order valence-electron chi connectivity index (χ3n) is 4.93. The number of piperidine rings is 1. The summed E-state index contributed by atoms with van der Waals surface area (Å²) in [7, 11) is 4.25. The predicted molar refractivity (Wildman–Crippen MR) is 95.9 cm³/mol. The van der Waals surface area contributed by atoms with Crippen LogP contribution in [0.2, 0.25) is 0 Å². The Kier molecular flexibility index (Phi) is 5.14. The Morgan fingerprint density at radius 2 is 2.12 bits per heavy atom. The molecule has 3 heterocycles. The van der Waals surface area contributed by atoms with Gasteiger partial charge in [-0.25, -0.2) is 9.97 Å². The normalized spacial score (nSPS) is 21.8. The van der Waals surface area contributed by atoms with Crippen LogP contribution in [0.15, 0.2) is 18.3 Å². The van der Waals surface area contributed by atoms with Crippen LogP contribution in [0.4, 0.5) is 5.82 Å². The number of hydrogen-bond acceptors (Lipinski definition) is 5. The molecule has 3 rings (SSSR count). The van der Waals surface area contributed by atoms with E-state index in [1.54, 1.807) is 0 Å². The van der Waals surface area contributed by atoms with Crippen molar-refractivity contribution in [3.8, 4) is 0 Å². The SMILES string of the molecule is CCc1nc(C)cc(NC[C@@H]2CCCN(C)[C@H]2c2ccnn2C)n1. The van der Waals surface area contributed by atoms with Crippen molar-refractivity contribution in [2.45, 2.75) is 39.2 Å². The van der Waals surface area contributed by atoms with Gasteiger partial charge < -0.3 is 5.32 Å². The molecule has 0 unspecified atom stereocenters. The van der Waals surface area contributed by atoms with E-state index in [1.807, 2.05) is 30.9 Å². The van der Waals surface area contributed by atoms with Crippen molar-refractivity contribution in [3.05, 3.63) is 35.5 Å². The summed E-state index contributed by atoms with van der Waals surface area (Å²) in [6.07, 6.45) is 5.21. The molecule has 0 bridgehead atoms. The lowest BCUT2D eigenvalue weighted by atomic mass is 9.87. The molecule has 0 spiro atoms. The van der Waals surface area contributed by atoms with Gasteiger partial charge in [-0.1, -0.05) is 6.92 Å². The first-order chi connectivity index (χ1) is 11.6. The van der Waals surface area contributed by atoms with E-state index in [0.29, 0.717) is 12.0 Å². The summed E-state index contributed by atoms with van der Waals surface area (Å²) in [5.74, 6) is 2.39. The van der Waals surface area contributed by atoms with Gasteiger partial charge >= 0.3 is 0 Å². The first-order valence-corrected chi connectivity index (χ1v) is 8.85. The van der Waals surface area contributed by atoms with E-state index < -0.39 is 0 Å². The first kappa shape index (κ1) is 16.9. The number of aromatic nitrogens is 4. The summed E-state index contributed by atoms with van der Waals surface area (Å²) in [5.41, 5.74) is 2.31. The van der Waals surface area contributed by atoms with Crippen LogP contribution in [0.3, 0.4) is 0 Å². The molecule has 0 aromatic carbocycles. The van der Waals surface area contributed by atoms with E-state index in [1.165, 1.54) is 18.5 Å². The molecule has 24 heavy (non-hydrogen) atoms. The highest BCUT2D eigenvalue weighted by Crippen LogP contribution is 2.34. The van der Waals surface area contributed by atoms with Crippen LogP contribution in [0.1, 0.15) is 43.0 Å². The van der Waals surface area contributed by atoms with E-state index in [9.17, 15) is 0 Å². The number of rotatable bonds is 5. The zero-order valence-electron chi connectivity index (χ0n) is 15.2. The maximum atomic E-state index is 4.61. The molecule has 6 nitrogen and oxygen atoms in total. The minimum absolute atomic E-state index is 0.396. The second kappa shape index (κ2) is 7.30. The maximum absolute atomic E-state index is 4.61. The molecule has 1 N–H and O–H groups in total. The lowest BCUT2D eigenvalue weighted by Gasteiger charge is -2.39. The third kappa shape index (κ3) is 3.59. The molecule has 2 aromatic heterocycles. The van der Waals surface area contributed by atoms with Gasteiger partial charge in [-0.05, 0) is 45.3 Å². The average molecular weight is 328 g/mol. The Hall–Kier alpha value is -1.95. The molecule has 2 aromatic rings. The Morgan fingerprint density at radius 3 is 2.83 bits per heavy atom. The highest BCUT2D eigenvalue weighted by molar-refractivity contribution is 5.36. The fraction of sp³-hybridized carbons (Fsp3) is 0.611.